The Morgan fingerprint density at radius 2 is 1.81 bits per heavy atom. The SMILES string of the molecule is OC(=[NH+]C1CCCCC1)Sc1ccccc1. The molecule has 1 aromatic carbocycles. The molecule has 2 N–H and O–H groups in total. The quantitative estimate of drug-likeness (QED) is 0.468. The standard InChI is InChI=1S/C13H17NOS/c15-13(14-11-7-3-1-4-8-11)16-12-9-5-2-6-10-12/h2,5-6,9-11H,1,3-4,7-8H2,(H,14,15)/p+1. The third kappa shape index (κ3) is 3.56. The van der Waals surface area contributed by atoms with Gasteiger partial charge in [-0.3, -0.25) is 0 Å². The summed E-state index contributed by atoms with van der Waals surface area (Å²) < 4.78 is 0. The van der Waals surface area contributed by atoms with E-state index in [1.54, 1.807) is 0 Å². The molecule has 16 heavy (non-hydrogen) atoms. The number of hydrogen-bond acceptors (Lipinski definition) is 1. The zero-order chi connectivity index (χ0) is 11.2. The lowest BCUT2D eigenvalue weighted by Crippen LogP contribution is -2.79. The van der Waals surface area contributed by atoms with Crippen LogP contribution in [0.3, 0.4) is 0 Å². The molecule has 0 heterocycles. The van der Waals surface area contributed by atoms with Crippen molar-refractivity contribution in [3.05, 3.63) is 30.3 Å². The second-order valence-electron chi connectivity index (χ2n) is 4.20. The monoisotopic (exact) mass is 236 g/mol. The Bertz CT molecular complexity index is 344. The van der Waals surface area contributed by atoms with Crippen molar-refractivity contribution in [3.63, 3.8) is 0 Å². The van der Waals surface area contributed by atoms with E-state index in [4.69, 9.17) is 0 Å². The van der Waals surface area contributed by atoms with Gasteiger partial charge in [0.05, 0.1) is 0 Å². The molecule has 0 bridgehead atoms. The first-order valence-electron chi connectivity index (χ1n) is 5.90. The lowest BCUT2D eigenvalue weighted by Gasteiger charge is -2.12. The molecule has 2 nitrogen and oxygen atoms in total. The van der Waals surface area contributed by atoms with Crippen LogP contribution in [0.15, 0.2) is 35.2 Å². The molecule has 0 aromatic heterocycles. The van der Waals surface area contributed by atoms with E-state index in [1.807, 2.05) is 30.3 Å². The molecule has 0 radical (unpaired) electrons. The number of nitrogens with one attached hydrogen (secondary N) is 1. The number of aliphatic hydroxyl groups is 1. The molecule has 2 rings (SSSR count). The highest BCUT2D eigenvalue weighted by molar-refractivity contribution is 8.13. The second-order valence-corrected chi connectivity index (χ2v) is 5.26. The van der Waals surface area contributed by atoms with Gasteiger partial charge in [-0.05, 0) is 25.0 Å². The predicted molar refractivity (Wildman–Crippen MR) is 67.8 cm³/mol. The number of hydrogen-bond donors (Lipinski definition) is 2. The van der Waals surface area contributed by atoms with Gasteiger partial charge in [0.1, 0.15) is 0 Å². The van der Waals surface area contributed by atoms with Gasteiger partial charge in [-0.15, -0.1) is 0 Å². The molecule has 1 aliphatic carbocycles. The topological polar surface area (TPSA) is 34.2 Å². The molecule has 3 heteroatoms. The zero-order valence-corrected chi connectivity index (χ0v) is 10.2. The first-order valence-corrected chi connectivity index (χ1v) is 6.71. The summed E-state index contributed by atoms with van der Waals surface area (Å²) in [6.07, 6.45) is 6.26. The van der Waals surface area contributed by atoms with Crippen LogP contribution < -0.4 is 4.99 Å². The van der Waals surface area contributed by atoms with Gasteiger partial charge < -0.3 is 5.11 Å². The summed E-state index contributed by atoms with van der Waals surface area (Å²) in [5.74, 6) is 0. The van der Waals surface area contributed by atoms with E-state index in [0.717, 1.165) is 4.90 Å². The summed E-state index contributed by atoms with van der Waals surface area (Å²) in [6, 6.07) is 10.4. The zero-order valence-electron chi connectivity index (χ0n) is 9.36. The molecule has 86 valence electrons. The summed E-state index contributed by atoms with van der Waals surface area (Å²) in [4.78, 5) is 4.27. The average molecular weight is 236 g/mol. The third-order valence-corrected chi connectivity index (χ3v) is 3.71. The minimum absolute atomic E-state index is 0.332. The van der Waals surface area contributed by atoms with Crippen LogP contribution in [-0.2, 0) is 0 Å². The Morgan fingerprint density at radius 3 is 2.50 bits per heavy atom. The van der Waals surface area contributed by atoms with Crippen LogP contribution >= 0.6 is 11.8 Å². The first-order chi connectivity index (χ1) is 7.84. The molecule has 1 aromatic rings. The van der Waals surface area contributed by atoms with E-state index in [2.05, 4.69) is 4.99 Å². The first kappa shape index (κ1) is 11.5. The van der Waals surface area contributed by atoms with Gasteiger partial charge in [-0.1, -0.05) is 24.6 Å². The van der Waals surface area contributed by atoms with Crippen LogP contribution in [0, 0.1) is 0 Å². The highest BCUT2D eigenvalue weighted by atomic mass is 32.2. The maximum absolute atomic E-state index is 9.82. The fourth-order valence-corrected chi connectivity index (χ4v) is 2.79. The summed E-state index contributed by atoms with van der Waals surface area (Å²) in [7, 11) is 0. The van der Waals surface area contributed by atoms with Crippen LogP contribution in [0.25, 0.3) is 0 Å². The van der Waals surface area contributed by atoms with Gasteiger partial charge in [0, 0.05) is 29.5 Å². The van der Waals surface area contributed by atoms with Crippen molar-refractivity contribution in [2.75, 3.05) is 0 Å². The largest absolute Gasteiger partial charge is 0.455 e. The van der Waals surface area contributed by atoms with E-state index in [9.17, 15) is 5.11 Å². The molecule has 0 amide bonds. The van der Waals surface area contributed by atoms with E-state index in [0.29, 0.717) is 11.3 Å². The molecule has 0 saturated heterocycles. The van der Waals surface area contributed by atoms with Crippen LogP contribution in [0.1, 0.15) is 32.1 Å². The summed E-state index contributed by atoms with van der Waals surface area (Å²) in [6.45, 7) is 0. The number of thioether (sulfide) groups is 1. The van der Waals surface area contributed by atoms with Gasteiger partial charge in [-0.2, -0.15) is 0 Å². The van der Waals surface area contributed by atoms with E-state index >= 15 is 0 Å². The molecule has 0 aliphatic heterocycles. The number of rotatable bonds is 2. The Labute approximate surface area is 101 Å². The van der Waals surface area contributed by atoms with Crippen LogP contribution in [0.4, 0.5) is 0 Å². The molecule has 1 fully saturated rings. The van der Waals surface area contributed by atoms with Gasteiger partial charge in [0.2, 0.25) is 0 Å². The predicted octanol–water partition coefficient (Wildman–Crippen LogP) is 2.11. The Kier molecular flexibility index (Phi) is 4.28. The molecule has 0 unspecified atom stereocenters. The second kappa shape index (κ2) is 5.94. The molecular weight excluding hydrogens is 218 g/mol. The maximum Gasteiger partial charge on any atom is 0.401 e. The summed E-state index contributed by atoms with van der Waals surface area (Å²) >= 11 is 1.40. The fraction of sp³-hybridized carbons (Fsp3) is 0.462. The lowest BCUT2D eigenvalue weighted by atomic mass is 9.96. The van der Waals surface area contributed by atoms with Crippen molar-refractivity contribution >= 4 is 17.0 Å². The van der Waals surface area contributed by atoms with Gasteiger partial charge in [0.15, 0.2) is 6.04 Å². The summed E-state index contributed by atoms with van der Waals surface area (Å²) in [5, 5.41) is 10.2. The van der Waals surface area contributed by atoms with Crippen LogP contribution in [0.5, 0.6) is 0 Å². The van der Waals surface area contributed by atoms with Crippen molar-refractivity contribution in [2.24, 2.45) is 0 Å². The van der Waals surface area contributed by atoms with Gasteiger partial charge in [-0.25, -0.2) is 4.99 Å². The molecule has 1 saturated carbocycles. The fourth-order valence-electron chi connectivity index (χ4n) is 2.05. The van der Waals surface area contributed by atoms with Crippen LogP contribution in [0.2, 0.25) is 0 Å². The van der Waals surface area contributed by atoms with Gasteiger partial charge in [0.25, 0.3) is 0 Å². The van der Waals surface area contributed by atoms with E-state index < -0.39 is 0 Å². The Balaban J connectivity index is 1.91. The summed E-state index contributed by atoms with van der Waals surface area (Å²) in [5.41, 5.74) is 0. The van der Waals surface area contributed by atoms with Crippen LogP contribution in [-0.4, -0.2) is 16.4 Å². The molecule has 0 atom stereocenters. The van der Waals surface area contributed by atoms with Gasteiger partial charge >= 0.3 is 5.23 Å². The third-order valence-electron chi connectivity index (χ3n) is 2.89. The minimum Gasteiger partial charge on any atom is -0.455 e. The number of aliphatic hydroxyl groups excluding tert-OH is 1. The Hall–Kier alpha value is -0.960. The van der Waals surface area contributed by atoms with E-state index in [-0.39, 0.29) is 0 Å². The van der Waals surface area contributed by atoms with Crippen molar-refractivity contribution in [2.45, 2.75) is 43.0 Å². The van der Waals surface area contributed by atoms with Crippen molar-refractivity contribution in [3.8, 4) is 0 Å². The number of benzene rings is 1. The van der Waals surface area contributed by atoms with Crippen molar-refractivity contribution < 1.29 is 10.1 Å². The smallest absolute Gasteiger partial charge is 0.401 e. The average Bonchev–Trinajstić information content (AvgIpc) is 2.31. The van der Waals surface area contributed by atoms with E-state index in [1.165, 1.54) is 43.9 Å². The minimum atomic E-state index is 0.332. The Morgan fingerprint density at radius 1 is 1.12 bits per heavy atom. The van der Waals surface area contributed by atoms with Crippen molar-refractivity contribution in [1.82, 2.24) is 0 Å². The molecule has 0 spiro atoms. The molecule has 1 aliphatic rings. The lowest BCUT2D eigenvalue weighted by molar-refractivity contribution is -0.512. The highest BCUT2D eigenvalue weighted by Gasteiger charge is 2.18. The normalized spacial score (nSPS) is 18.6. The highest BCUT2D eigenvalue weighted by Crippen LogP contribution is 2.17. The van der Waals surface area contributed by atoms with Crippen molar-refractivity contribution in [1.29, 1.82) is 0 Å². The maximum atomic E-state index is 9.82. The molecular formula is C13H18NOS+.